The first-order valence-corrected chi connectivity index (χ1v) is 9.23. The third-order valence-electron chi connectivity index (χ3n) is 5.29. The van der Waals surface area contributed by atoms with Crippen molar-refractivity contribution in [2.75, 3.05) is 6.54 Å². The minimum absolute atomic E-state index is 0.224. The summed E-state index contributed by atoms with van der Waals surface area (Å²) < 4.78 is 45.7. The summed E-state index contributed by atoms with van der Waals surface area (Å²) in [4.78, 5) is 14.7. The number of carbonyl (C=O) groups excluding carboxylic acids is 1. The molecule has 0 bridgehead atoms. The fourth-order valence-electron chi connectivity index (χ4n) is 3.69. The van der Waals surface area contributed by atoms with E-state index in [2.05, 4.69) is 10.3 Å². The molecule has 1 saturated carbocycles. The zero-order valence-electron chi connectivity index (χ0n) is 15.0. The largest absolute Gasteiger partial charge is 0.435 e. The number of aryl methyl sites for hydroxylation is 1. The van der Waals surface area contributed by atoms with Crippen LogP contribution in [0.3, 0.4) is 0 Å². The van der Waals surface area contributed by atoms with Crippen molar-refractivity contribution >= 4 is 5.91 Å². The summed E-state index contributed by atoms with van der Waals surface area (Å²) in [7, 11) is 1.49. The van der Waals surface area contributed by atoms with Crippen LogP contribution in [-0.4, -0.2) is 32.3 Å². The van der Waals surface area contributed by atoms with Gasteiger partial charge in [-0.2, -0.15) is 18.3 Å². The number of amides is 1. The van der Waals surface area contributed by atoms with Crippen LogP contribution in [0.1, 0.15) is 78.1 Å². The molecule has 0 N–H and O–H groups in total. The van der Waals surface area contributed by atoms with Gasteiger partial charge in [0.25, 0.3) is 5.91 Å². The van der Waals surface area contributed by atoms with Crippen LogP contribution in [0.25, 0.3) is 0 Å². The molecule has 1 amide bonds. The summed E-state index contributed by atoms with van der Waals surface area (Å²) in [5.41, 5.74) is -0.320. The lowest BCUT2D eigenvalue weighted by Gasteiger charge is -2.29. The second-order valence-corrected chi connectivity index (χ2v) is 7.33. The Bertz CT molecular complexity index is 838. The van der Waals surface area contributed by atoms with E-state index in [9.17, 15) is 18.0 Å². The molecule has 146 valence electrons. The van der Waals surface area contributed by atoms with Crippen LogP contribution < -0.4 is 0 Å². The number of carbonyl (C=O) groups is 1. The predicted octanol–water partition coefficient (Wildman–Crippen LogP) is 4.06. The first-order chi connectivity index (χ1) is 12.8. The van der Waals surface area contributed by atoms with E-state index < -0.39 is 17.9 Å². The summed E-state index contributed by atoms with van der Waals surface area (Å²) >= 11 is 0. The van der Waals surface area contributed by atoms with Gasteiger partial charge in [0.05, 0.1) is 11.7 Å². The first-order valence-electron chi connectivity index (χ1n) is 9.23. The quantitative estimate of drug-likeness (QED) is 0.803. The van der Waals surface area contributed by atoms with Gasteiger partial charge in [0.2, 0.25) is 0 Å². The molecule has 0 radical (unpaired) electrons. The van der Waals surface area contributed by atoms with E-state index >= 15 is 0 Å². The van der Waals surface area contributed by atoms with E-state index in [4.69, 9.17) is 4.52 Å². The molecular formula is C18H21F3N4O2. The Labute approximate surface area is 154 Å². The predicted molar refractivity (Wildman–Crippen MR) is 88.9 cm³/mol. The van der Waals surface area contributed by atoms with Crippen LogP contribution in [0.15, 0.2) is 16.7 Å². The van der Waals surface area contributed by atoms with Crippen LogP contribution in [0.4, 0.5) is 13.2 Å². The zero-order valence-corrected chi connectivity index (χ0v) is 15.0. The minimum Gasteiger partial charge on any atom is -0.360 e. The summed E-state index contributed by atoms with van der Waals surface area (Å²) in [6, 6.07) is 2.26. The Kier molecular flexibility index (Phi) is 4.47. The molecular weight excluding hydrogens is 361 g/mol. The molecule has 0 unspecified atom stereocenters. The molecule has 2 fully saturated rings. The number of halogens is 3. The molecule has 3 heterocycles. The van der Waals surface area contributed by atoms with Gasteiger partial charge >= 0.3 is 6.18 Å². The molecule has 1 aliphatic carbocycles. The molecule has 27 heavy (non-hydrogen) atoms. The molecule has 2 aliphatic rings. The molecule has 1 atom stereocenters. The highest BCUT2D eigenvalue weighted by atomic mass is 19.4. The Morgan fingerprint density at radius 3 is 2.63 bits per heavy atom. The zero-order chi connectivity index (χ0) is 19.2. The Morgan fingerprint density at radius 1 is 1.19 bits per heavy atom. The lowest BCUT2D eigenvalue weighted by molar-refractivity contribution is -0.141. The van der Waals surface area contributed by atoms with E-state index in [0.29, 0.717) is 30.3 Å². The number of likely N-dealkylation sites (tertiary alicyclic amines) is 1. The van der Waals surface area contributed by atoms with Gasteiger partial charge in [-0.3, -0.25) is 9.48 Å². The summed E-state index contributed by atoms with van der Waals surface area (Å²) in [5, 5.41) is 7.52. The average molecular weight is 382 g/mol. The highest BCUT2D eigenvalue weighted by Gasteiger charge is 2.38. The first kappa shape index (κ1) is 18.1. The molecule has 6 nitrogen and oxygen atoms in total. The number of hydrogen-bond acceptors (Lipinski definition) is 4. The third kappa shape index (κ3) is 3.59. The lowest BCUT2D eigenvalue weighted by Crippen LogP contribution is -2.36. The third-order valence-corrected chi connectivity index (χ3v) is 5.29. The number of alkyl halides is 3. The fraction of sp³-hybridized carbons (Fsp3) is 0.611. The van der Waals surface area contributed by atoms with Gasteiger partial charge in [-0.25, -0.2) is 0 Å². The SMILES string of the molecule is Cn1nc(C(F)(F)F)cc1[C@@H]1CCCCCN1C(=O)c1cc(C2CC2)on1. The van der Waals surface area contributed by atoms with Crippen LogP contribution >= 0.6 is 0 Å². The average Bonchev–Trinajstić information content (AvgIpc) is 3.29. The van der Waals surface area contributed by atoms with Crippen molar-refractivity contribution in [3.8, 4) is 0 Å². The van der Waals surface area contributed by atoms with Crippen molar-refractivity contribution < 1.29 is 22.5 Å². The van der Waals surface area contributed by atoms with E-state index in [1.54, 1.807) is 11.0 Å². The number of nitrogens with zero attached hydrogens (tertiary/aromatic N) is 4. The van der Waals surface area contributed by atoms with Crippen LogP contribution in [0.2, 0.25) is 0 Å². The van der Waals surface area contributed by atoms with Gasteiger partial charge in [0.1, 0.15) is 5.76 Å². The maximum atomic E-state index is 13.1. The standard InChI is InChI=1S/C18H21F3N4O2/c1-24-14(10-16(22-24)18(19,20)21)13-5-3-2-4-8-25(13)17(26)12-9-15(27-23-12)11-6-7-11/h9-11,13H,2-8H2,1H3/t13-/m0/s1. The van der Waals surface area contributed by atoms with E-state index in [1.807, 2.05) is 0 Å². The summed E-state index contributed by atoms with van der Waals surface area (Å²) in [6.07, 6.45) is 0.717. The van der Waals surface area contributed by atoms with Gasteiger partial charge in [-0.05, 0) is 31.7 Å². The molecule has 2 aromatic heterocycles. The van der Waals surface area contributed by atoms with Gasteiger partial charge in [-0.1, -0.05) is 18.0 Å². The van der Waals surface area contributed by atoms with E-state index in [1.165, 1.54) is 11.7 Å². The smallest absolute Gasteiger partial charge is 0.360 e. The van der Waals surface area contributed by atoms with Crippen LogP contribution in [0, 0.1) is 0 Å². The lowest BCUT2D eigenvalue weighted by atomic mass is 10.1. The summed E-state index contributed by atoms with van der Waals surface area (Å²) in [5.74, 6) is 0.752. The molecule has 2 aromatic rings. The molecule has 9 heteroatoms. The van der Waals surface area contributed by atoms with Crippen molar-refractivity contribution in [2.24, 2.45) is 7.05 Å². The number of aromatic nitrogens is 3. The van der Waals surface area contributed by atoms with E-state index in [-0.39, 0.29) is 11.6 Å². The molecule has 4 rings (SSSR count). The van der Waals surface area contributed by atoms with Gasteiger partial charge in [0, 0.05) is 25.6 Å². The Morgan fingerprint density at radius 2 is 1.96 bits per heavy atom. The number of rotatable bonds is 3. The van der Waals surface area contributed by atoms with Crippen LogP contribution in [-0.2, 0) is 13.2 Å². The van der Waals surface area contributed by atoms with Gasteiger partial charge < -0.3 is 9.42 Å². The van der Waals surface area contributed by atoms with Crippen molar-refractivity contribution in [3.05, 3.63) is 35.0 Å². The fourth-order valence-corrected chi connectivity index (χ4v) is 3.69. The maximum absolute atomic E-state index is 13.1. The molecule has 0 aromatic carbocycles. The Balaban J connectivity index is 1.64. The maximum Gasteiger partial charge on any atom is 0.435 e. The second kappa shape index (κ2) is 6.69. The number of hydrogen-bond donors (Lipinski definition) is 0. The van der Waals surface area contributed by atoms with Crippen molar-refractivity contribution in [3.63, 3.8) is 0 Å². The Hall–Kier alpha value is -2.32. The highest BCUT2D eigenvalue weighted by molar-refractivity contribution is 5.92. The highest BCUT2D eigenvalue weighted by Crippen LogP contribution is 2.41. The van der Waals surface area contributed by atoms with E-state index in [0.717, 1.165) is 38.2 Å². The molecule has 0 spiro atoms. The van der Waals surface area contributed by atoms with Gasteiger partial charge in [0.15, 0.2) is 11.4 Å². The topological polar surface area (TPSA) is 64.2 Å². The normalized spacial score (nSPS) is 21.3. The summed E-state index contributed by atoms with van der Waals surface area (Å²) in [6.45, 7) is 0.474. The minimum atomic E-state index is -4.51. The molecule has 1 aliphatic heterocycles. The van der Waals surface area contributed by atoms with Gasteiger partial charge in [-0.15, -0.1) is 0 Å². The molecule has 1 saturated heterocycles. The van der Waals surface area contributed by atoms with Crippen molar-refractivity contribution in [1.29, 1.82) is 0 Å². The van der Waals surface area contributed by atoms with Crippen molar-refractivity contribution in [1.82, 2.24) is 19.8 Å². The van der Waals surface area contributed by atoms with Crippen molar-refractivity contribution in [2.45, 2.75) is 56.7 Å². The van der Waals surface area contributed by atoms with Crippen LogP contribution in [0.5, 0.6) is 0 Å². The monoisotopic (exact) mass is 382 g/mol. The second-order valence-electron chi connectivity index (χ2n) is 7.33.